The molecule has 67 heavy (non-hydrogen) atoms. The summed E-state index contributed by atoms with van der Waals surface area (Å²) in [5, 5.41) is 0. The molecule has 2 heteroatoms. The number of aromatic nitrogens is 2. The molecule has 0 atom stereocenters. The van der Waals surface area contributed by atoms with Crippen LogP contribution in [0.1, 0.15) is 12.5 Å². The molecule has 10 aromatic rings. The Labute approximate surface area is 394 Å². The van der Waals surface area contributed by atoms with Gasteiger partial charge in [0.15, 0.2) is 0 Å². The molecule has 0 bridgehead atoms. The van der Waals surface area contributed by atoms with E-state index in [1.165, 1.54) is 0 Å². The van der Waals surface area contributed by atoms with Crippen molar-refractivity contribution in [1.82, 2.24) is 9.97 Å². The van der Waals surface area contributed by atoms with Crippen LogP contribution in [-0.4, -0.2) is 9.97 Å². The topological polar surface area (TPSA) is 25.8 Å². The maximum Gasteiger partial charge on any atom is 0.0716 e. The van der Waals surface area contributed by atoms with Crippen LogP contribution in [0.3, 0.4) is 0 Å². The highest BCUT2D eigenvalue weighted by atomic mass is 14.7. The van der Waals surface area contributed by atoms with Crippen LogP contribution in [0, 0.1) is 0 Å². The number of nitrogens with zero attached hydrogens (tertiary/aromatic N) is 2. The van der Waals surface area contributed by atoms with Crippen LogP contribution in [0.5, 0.6) is 0 Å². The summed E-state index contributed by atoms with van der Waals surface area (Å²) in [4.78, 5) is 10.8. The zero-order valence-electron chi connectivity index (χ0n) is 37.4. The van der Waals surface area contributed by atoms with Gasteiger partial charge in [-0.3, -0.25) is 0 Å². The van der Waals surface area contributed by atoms with Crippen molar-refractivity contribution in [2.75, 3.05) is 0 Å². The van der Waals surface area contributed by atoms with Gasteiger partial charge in [-0.2, -0.15) is 0 Å². The summed E-state index contributed by atoms with van der Waals surface area (Å²) >= 11 is 0. The van der Waals surface area contributed by atoms with E-state index in [4.69, 9.17) is 9.97 Å². The van der Waals surface area contributed by atoms with Gasteiger partial charge >= 0.3 is 0 Å². The summed E-state index contributed by atoms with van der Waals surface area (Å²) in [5.41, 5.74) is 21.0. The zero-order valence-corrected chi connectivity index (χ0v) is 37.4. The van der Waals surface area contributed by atoms with Crippen molar-refractivity contribution in [1.29, 1.82) is 0 Å². The minimum absolute atomic E-state index is 0.885. The van der Waals surface area contributed by atoms with Crippen molar-refractivity contribution in [2.45, 2.75) is 6.92 Å². The Hall–Kier alpha value is -8.72. The predicted octanol–water partition coefficient (Wildman–Crippen LogP) is 17.6. The third-order valence-corrected chi connectivity index (χ3v) is 12.1. The van der Waals surface area contributed by atoms with Crippen LogP contribution in [-0.2, 0) is 0 Å². The fourth-order valence-electron chi connectivity index (χ4n) is 8.59. The Kier molecular flexibility index (Phi) is 12.3. The molecule has 10 rings (SSSR count). The predicted molar refractivity (Wildman–Crippen MR) is 284 cm³/mol. The van der Waals surface area contributed by atoms with Gasteiger partial charge in [-0.1, -0.05) is 201 Å². The molecule has 2 nitrogen and oxygen atoms in total. The first-order chi connectivity index (χ1) is 33.0. The quantitative estimate of drug-likeness (QED) is 0.114. The van der Waals surface area contributed by atoms with E-state index in [-0.39, 0.29) is 0 Å². The van der Waals surface area contributed by atoms with Crippen molar-refractivity contribution in [3.05, 3.63) is 273 Å². The number of pyridine rings is 2. The SMILES string of the molecule is C=C(/C=C\C=C/C)c1cc(-c2ccccc2)cc(-c2cc(-c3cccc(-c4cc(-c5ccccc5)nc(-c5cc(-c6ccccc6)cc(-c6ccccc6)c5)c4)c3)cc(-c3ccccc3)n2)c1. The van der Waals surface area contributed by atoms with Gasteiger partial charge in [-0.25, -0.2) is 9.97 Å². The maximum atomic E-state index is 5.39. The zero-order chi connectivity index (χ0) is 45.4. The minimum Gasteiger partial charge on any atom is -0.248 e. The average molecular weight is 857 g/mol. The van der Waals surface area contributed by atoms with Gasteiger partial charge in [0, 0.05) is 22.3 Å². The average Bonchev–Trinajstić information content (AvgIpc) is 3.41. The van der Waals surface area contributed by atoms with E-state index in [2.05, 4.69) is 243 Å². The minimum atomic E-state index is 0.885. The summed E-state index contributed by atoms with van der Waals surface area (Å²) in [6.07, 6.45) is 8.15. The highest BCUT2D eigenvalue weighted by molar-refractivity contribution is 5.87. The number of hydrogen-bond donors (Lipinski definition) is 0. The van der Waals surface area contributed by atoms with Crippen LogP contribution in [0.4, 0.5) is 0 Å². The lowest BCUT2D eigenvalue weighted by molar-refractivity contribution is 1.32. The Morgan fingerprint density at radius 3 is 1.01 bits per heavy atom. The third-order valence-electron chi connectivity index (χ3n) is 12.1. The number of hydrogen-bond acceptors (Lipinski definition) is 2. The Balaban J connectivity index is 1.13. The Morgan fingerprint density at radius 2 is 0.597 bits per heavy atom. The highest BCUT2D eigenvalue weighted by Gasteiger charge is 2.16. The van der Waals surface area contributed by atoms with E-state index >= 15 is 0 Å². The lowest BCUT2D eigenvalue weighted by Crippen LogP contribution is -1.94. The van der Waals surface area contributed by atoms with Gasteiger partial charge in [0.25, 0.3) is 0 Å². The van der Waals surface area contributed by atoms with E-state index in [0.29, 0.717) is 0 Å². The molecule has 0 fully saturated rings. The first-order valence-corrected chi connectivity index (χ1v) is 22.8. The first kappa shape index (κ1) is 42.2. The molecule has 8 aromatic carbocycles. The molecule has 0 saturated heterocycles. The van der Waals surface area contributed by atoms with Crippen LogP contribution in [0.2, 0.25) is 0 Å². The molecular weight excluding hydrogens is 809 g/mol. The van der Waals surface area contributed by atoms with E-state index in [0.717, 1.165) is 112 Å². The number of allylic oxidation sites excluding steroid dienone is 5. The molecule has 0 aliphatic heterocycles. The van der Waals surface area contributed by atoms with Crippen molar-refractivity contribution in [2.24, 2.45) is 0 Å². The summed E-state index contributed by atoms with van der Waals surface area (Å²) in [6, 6.07) is 84.0. The van der Waals surface area contributed by atoms with Gasteiger partial charge in [0.05, 0.1) is 22.8 Å². The van der Waals surface area contributed by atoms with Crippen molar-refractivity contribution in [3.8, 4) is 101 Å². The van der Waals surface area contributed by atoms with Crippen molar-refractivity contribution in [3.63, 3.8) is 0 Å². The summed E-state index contributed by atoms with van der Waals surface area (Å²) in [6.45, 7) is 6.49. The first-order valence-electron chi connectivity index (χ1n) is 22.8. The third kappa shape index (κ3) is 9.71. The van der Waals surface area contributed by atoms with Gasteiger partial charge < -0.3 is 0 Å². The van der Waals surface area contributed by atoms with E-state index in [1.807, 2.05) is 31.2 Å². The van der Waals surface area contributed by atoms with Gasteiger partial charge in [0.2, 0.25) is 0 Å². The normalized spacial score (nSPS) is 11.3. The molecule has 0 aliphatic carbocycles. The summed E-state index contributed by atoms with van der Waals surface area (Å²) < 4.78 is 0. The van der Waals surface area contributed by atoms with Gasteiger partial charge in [0.1, 0.15) is 0 Å². The second-order valence-corrected chi connectivity index (χ2v) is 16.7. The molecule has 318 valence electrons. The van der Waals surface area contributed by atoms with E-state index in [1.54, 1.807) is 0 Å². The van der Waals surface area contributed by atoms with Crippen LogP contribution < -0.4 is 0 Å². The molecule has 0 aliphatic rings. The standard InChI is InChI=1S/C65H48N2/c1-3-4-10-22-46(2)54-36-55(47-23-11-5-12-24-47)39-60(37-54)64-44-58(42-62(66-64)50-29-17-8-18-30-50)52-33-21-34-53(35-52)59-43-63(51-31-19-9-20-32-51)67-65(45-59)61-40-56(48-25-13-6-14-26-48)38-57(41-61)49-27-15-7-16-28-49/h3-45H,2H2,1H3/b4-3-,22-10-. The molecule has 0 spiro atoms. The van der Waals surface area contributed by atoms with Crippen LogP contribution in [0.15, 0.2) is 267 Å². The van der Waals surface area contributed by atoms with Gasteiger partial charge in [-0.15, -0.1) is 0 Å². The fraction of sp³-hybridized carbons (Fsp3) is 0.0154. The largest absolute Gasteiger partial charge is 0.248 e. The molecule has 0 N–H and O–H groups in total. The molecule has 2 heterocycles. The maximum absolute atomic E-state index is 5.39. The lowest BCUT2D eigenvalue weighted by atomic mass is 9.92. The van der Waals surface area contributed by atoms with Crippen molar-refractivity contribution < 1.29 is 0 Å². The molecule has 0 unspecified atom stereocenters. The van der Waals surface area contributed by atoms with Gasteiger partial charge in [-0.05, 0) is 140 Å². The number of benzene rings is 8. The highest BCUT2D eigenvalue weighted by Crippen LogP contribution is 2.39. The Morgan fingerprint density at radius 1 is 0.299 bits per heavy atom. The summed E-state index contributed by atoms with van der Waals surface area (Å²) in [5.74, 6) is 0. The molecular formula is C65H48N2. The summed E-state index contributed by atoms with van der Waals surface area (Å²) in [7, 11) is 0. The molecule has 0 amide bonds. The van der Waals surface area contributed by atoms with Crippen molar-refractivity contribution >= 4 is 5.57 Å². The monoisotopic (exact) mass is 856 g/mol. The van der Waals surface area contributed by atoms with E-state index in [9.17, 15) is 0 Å². The Bertz CT molecular complexity index is 3330. The van der Waals surface area contributed by atoms with Crippen LogP contribution in [0.25, 0.3) is 106 Å². The molecule has 0 saturated carbocycles. The second kappa shape index (κ2) is 19.6. The molecule has 2 aromatic heterocycles. The second-order valence-electron chi connectivity index (χ2n) is 16.7. The fourth-order valence-corrected chi connectivity index (χ4v) is 8.59. The van der Waals surface area contributed by atoms with Crippen LogP contribution >= 0.6 is 0 Å². The number of rotatable bonds is 12. The smallest absolute Gasteiger partial charge is 0.0716 e. The lowest BCUT2D eigenvalue weighted by Gasteiger charge is -2.15. The van der Waals surface area contributed by atoms with E-state index < -0.39 is 0 Å². The molecule has 0 radical (unpaired) electrons.